The zero-order valence-corrected chi connectivity index (χ0v) is 18.9. The van der Waals surface area contributed by atoms with E-state index < -0.39 is 11.6 Å². The highest BCUT2D eigenvalue weighted by atomic mass is 35.5. The van der Waals surface area contributed by atoms with Gasteiger partial charge in [0.15, 0.2) is 10.9 Å². The standard InChI is InChI=1S/C23H18ClF2N5OS/c1-2-17(32)31-9-7-30(8-10-31)16-5-6-28-20-13(16)11-14(24)18(19(20)26)12-3-4-15(25)22-21(12)29-23(27)33-22/h2-6,11H,1,7-10H2,(H2,27,29). The Bertz CT molecular complexity index is 1430. The van der Waals surface area contributed by atoms with Crippen LogP contribution in [0.3, 0.4) is 0 Å². The fourth-order valence-corrected chi connectivity index (χ4v) is 5.27. The van der Waals surface area contributed by atoms with Gasteiger partial charge in [-0.05, 0) is 30.3 Å². The number of carbonyl (C=O) groups excluding carboxylic acids is 1. The largest absolute Gasteiger partial charge is 0.375 e. The highest BCUT2D eigenvalue weighted by molar-refractivity contribution is 7.22. The van der Waals surface area contributed by atoms with Crippen LogP contribution in [0, 0.1) is 11.6 Å². The van der Waals surface area contributed by atoms with Crippen molar-refractivity contribution in [2.24, 2.45) is 0 Å². The molecule has 10 heteroatoms. The zero-order chi connectivity index (χ0) is 23.3. The van der Waals surface area contributed by atoms with Crippen molar-refractivity contribution < 1.29 is 13.6 Å². The lowest BCUT2D eigenvalue weighted by molar-refractivity contribution is -0.126. The molecule has 1 aliphatic heterocycles. The number of hydrogen-bond donors (Lipinski definition) is 1. The molecule has 0 unspecified atom stereocenters. The van der Waals surface area contributed by atoms with E-state index in [1.807, 2.05) is 0 Å². The van der Waals surface area contributed by atoms with Gasteiger partial charge in [-0.2, -0.15) is 0 Å². The molecular weight excluding hydrogens is 468 g/mol. The molecule has 4 aromatic rings. The number of piperazine rings is 1. The molecule has 0 saturated carbocycles. The summed E-state index contributed by atoms with van der Waals surface area (Å²) in [5.41, 5.74) is 7.42. The summed E-state index contributed by atoms with van der Waals surface area (Å²) in [6.07, 6.45) is 2.84. The molecule has 2 aromatic carbocycles. The third kappa shape index (κ3) is 3.57. The number of carbonyl (C=O) groups is 1. The van der Waals surface area contributed by atoms with Crippen LogP contribution in [0.5, 0.6) is 0 Å². The van der Waals surface area contributed by atoms with Crippen molar-refractivity contribution in [2.45, 2.75) is 0 Å². The minimum Gasteiger partial charge on any atom is -0.375 e. The number of nitrogens with zero attached hydrogens (tertiary/aromatic N) is 4. The number of aromatic nitrogens is 2. The maximum absolute atomic E-state index is 15.8. The number of pyridine rings is 1. The first-order valence-electron chi connectivity index (χ1n) is 10.2. The number of thiazole rings is 1. The summed E-state index contributed by atoms with van der Waals surface area (Å²) in [6, 6.07) is 6.18. The van der Waals surface area contributed by atoms with Crippen LogP contribution in [0.2, 0.25) is 5.02 Å². The molecule has 0 atom stereocenters. The lowest BCUT2D eigenvalue weighted by atomic mass is 10.0. The van der Waals surface area contributed by atoms with Gasteiger partial charge in [0, 0.05) is 54.6 Å². The van der Waals surface area contributed by atoms with E-state index in [9.17, 15) is 9.18 Å². The number of halogens is 3. The van der Waals surface area contributed by atoms with E-state index in [2.05, 4.69) is 21.4 Å². The summed E-state index contributed by atoms with van der Waals surface area (Å²) in [6.45, 7) is 5.75. The number of hydrogen-bond acceptors (Lipinski definition) is 6. The summed E-state index contributed by atoms with van der Waals surface area (Å²) >= 11 is 7.58. The van der Waals surface area contributed by atoms with Gasteiger partial charge in [-0.25, -0.2) is 13.8 Å². The molecule has 0 bridgehead atoms. The molecule has 168 valence electrons. The van der Waals surface area contributed by atoms with Gasteiger partial charge in [-0.3, -0.25) is 9.78 Å². The van der Waals surface area contributed by atoms with Gasteiger partial charge in [0.1, 0.15) is 11.3 Å². The number of amides is 1. The van der Waals surface area contributed by atoms with Gasteiger partial charge < -0.3 is 15.5 Å². The third-order valence-corrected chi connectivity index (χ3v) is 6.98. The molecule has 33 heavy (non-hydrogen) atoms. The Labute approximate surface area is 196 Å². The normalized spacial score (nSPS) is 14.3. The van der Waals surface area contributed by atoms with E-state index >= 15 is 4.39 Å². The maximum Gasteiger partial charge on any atom is 0.246 e. The van der Waals surface area contributed by atoms with E-state index in [0.29, 0.717) is 37.1 Å². The van der Waals surface area contributed by atoms with Crippen LogP contribution < -0.4 is 10.6 Å². The second-order valence-corrected chi connectivity index (χ2v) is 9.05. The lowest BCUT2D eigenvalue weighted by Gasteiger charge is -2.36. The molecule has 0 aliphatic carbocycles. The number of fused-ring (bicyclic) bond motifs is 2. The first-order valence-corrected chi connectivity index (χ1v) is 11.4. The summed E-state index contributed by atoms with van der Waals surface area (Å²) < 4.78 is 30.3. The van der Waals surface area contributed by atoms with E-state index in [1.165, 1.54) is 18.2 Å². The average molecular weight is 486 g/mol. The first kappa shape index (κ1) is 21.5. The Hall–Kier alpha value is -3.30. The van der Waals surface area contributed by atoms with Gasteiger partial charge in [-0.15, -0.1) is 0 Å². The van der Waals surface area contributed by atoms with Crippen molar-refractivity contribution >= 4 is 60.8 Å². The topological polar surface area (TPSA) is 75.4 Å². The highest BCUT2D eigenvalue weighted by Gasteiger charge is 2.25. The fraction of sp³-hybridized carbons (Fsp3) is 0.174. The Balaban J connectivity index is 1.61. The molecule has 2 N–H and O–H groups in total. The molecule has 1 aliphatic rings. The molecular formula is C23H18ClF2N5OS. The van der Waals surface area contributed by atoms with Crippen molar-refractivity contribution in [3.8, 4) is 11.1 Å². The molecule has 1 saturated heterocycles. The van der Waals surface area contributed by atoms with Crippen molar-refractivity contribution in [2.75, 3.05) is 36.8 Å². The van der Waals surface area contributed by atoms with Gasteiger partial charge in [0.25, 0.3) is 0 Å². The molecule has 0 spiro atoms. The third-order valence-electron chi connectivity index (χ3n) is 5.79. The van der Waals surface area contributed by atoms with E-state index in [4.69, 9.17) is 17.3 Å². The summed E-state index contributed by atoms with van der Waals surface area (Å²) in [5, 5.41) is 0.903. The summed E-state index contributed by atoms with van der Waals surface area (Å²) in [7, 11) is 0. The number of nitrogen functional groups attached to an aromatic ring is 1. The Morgan fingerprint density at radius 2 is 1.94 bits per heavy atom. The van der Waals surface area contributed by atoms with Crippen LogP contribution in [-0.4, -0.2) is 47.0 Å². The number of anilines is 2. The predicted octanol–water partition coefficient (Wildman–Crippen LogP) is 4.86. The van der Waals surface area contributed by atoms with Gasteiger partial charge in [0.2, 0.25) is 5.91 Å². The fourth-order valence-electron chi connectivity index (χ4n) is 4.22. The Kier molecular flexibility index (Phi) is 5.38. The Morgan fingerprint density at radius 3 is 2.67 bits per heavy atom. The average Bonchev–Trinajstić information content (AvgIpc) is 3.22. The van der Waals surface area contributed by atoms with Crippen LogP contribution in [0.4, 0.5) is 19.6 Å². The lowest BCUT2D eigenvalue weighted by Crippen LogP contribution is -2.48. The van der Waals surface area contributed by atoms with Crippen molar-refractivity contribution in [3.05, 3.63) is 59.8 Å². The quantitative estimate of drug-likeness (QED) is 0.419. The van der Waals surface area contributed by atoms with Crippen LogP contribution in [0.25, 0.3) is 32.2 Å². The van der Waals surface area contributed by atoms with E-state index in [0.717, 1.165) is 17.0 Å². The van der Waals surface area contributed by atoms with Crippen molar-refractivity contribution in [3.63, 3.8) is 0 Å². The van der Waals surface area contributed by atoms with Crippen LogP contribution in [0.1, 0.15) is 0 Å². The van der Waals surface area contributed by atoms with E-state index in [1.54, 1.807) is 23.2 Å². The van der Waals surface area contributed by atoms with Crippen molar-refractivity contribution in [1.82, 2.24) is 14.9 Å². The number of benzene rings is 2. The number of rotatable bonds is 3. The summed E-state index contributed by atoms with van der Waals surface area (Å²) in [4.78, 5) is 24.1. The first-order chi connectivity index (χ1) is 15.9. The zero-order valence-electron chi connectivity index (χ0n) is 17.3. The number of nitrogens with two attached hydrogens (primary N) is 1. The Morgan fingerprint density at radius 1 is 1.18 bits per heavy atom. The monoisotopic (exact) mass is 485 g/mol. The maximum atomic E-state index is 15.8. The molecule has 5 rings (SSSR count). The molecule has 6 nitrogen and oxygen atoms in total. The highest BCUT2D eigenvalue weighted by Crippen LogP contribution is 2.42. The molecule has 2 aromatic heterocycles. The SMILES string of the molecule is C=CC(=O)N1CCN(c2ccnc3c(F)c(-c4ccc(F)c5sc(N)nc45)c(Cl)cc23)CC1. The van der Waals surface area contributed by atoms with Crippen LogP contribution in [0.15, 0.2) is 43.1 Å². The summed E-state index contributed by atoms with van der Waals surface area (Å²) in [5.74, 6) is -1.20. The van der Waals surface area contributed by atoms with Gasteiger partial charge in [-0.1, -0.05) is 29.5 Å². The van der Waals surface area contributed by atoms with Gasteiger partial charge in [0.05, 0.1) is 15.2 Å². The second-order valence-electron chi connectivity index (χ2n) is 7.61. The minimum absolute atomic E-state index is 0.102. The molecule has 3 heterocycles. The molecule has 1 fully saturated rings. The smallest absolute Gasteiger partial charge is 0.246 e. The van der Waals surface area contributed by atoms with Crippen molar-refractivity contribution in [1.29, 1.82) is 0 Å². The molecule has 1 amide bonds. The van der Waals surface area contributed by atoms with Gasteiger partial charge >= 0.3 is 0 Å². The minimum atomic E-state index is -0.612. The van der Waals surface area contributed by atoms with Crippen LogP contribution in [-0.2, 0) is 4.79 Å². The second kappa shape index (κ2) is 8.24. The predicted molar refractivity (Wildman–Crippen MR) is 129 cm³/mol. The van der Waals surface area contributed by atoms with Crippen LogP contribution >= 0.6 is 22.9 Å². The molecule has 0 radical (unpaired) electrons. The van der Waals surface area contributed by atoms with E-state index in [-0.39, 0.29) is 37.4 Å².